The number of allylic oxidation sites excluding steroid dienone is 1. The predicted octanol–water partition coefficient (Wildman–Crippen LogP) is 5.25. The molecule has 0 amide bonds. The molecule has 6 nitrogen and oxygen atoms in total. The number of aromatic nitrogens is 5. The largest absolute Gasteiger partial charge is 0.324 e. The Labute approximate surface area is 183 Å². The van der Waals surface area contributed by atoms with E-state index < -0.39 is 0 Å². The molecular formula is C24H18N6S. The molecule has 0 fully saturated rings. The van der Waals surface area contributed by atoms with Crippen LogP contribution in [0.1, 0.15) is 17.2 Å². The van der Waals surface area contributed by atoms with E-state index in [-0.39, 0.29) is 6.04 Å². The smallest absolute Gasteiger partial charge is 0.226 e. The minimum Gasteiger partial charge on any atom is -0.324 e. The van der Waals surface area contributed by atoms with E-state index in [0.29, 0.717) is 0 Å². The Morgan fingerprint density at radius 2 is 1.71 bits per heavy atom. The molecule has 0 unspecified atom stereocenters. The number of nitrogens with one attached hydrogen (secondary N) is 1. The average Bonchev–Trinajstić information content (AvgIpc) is 3.60. The third-order valence-electron chi connectivity index (χ3n) is 5.33. The Morgan fingerprint density at radius 3 is 2.48 bits per heavy atom. The van der Waals surface area contributed by atoms with Crippen LogP contribution in [0.3, 0.4) is 0 Å². The first-order valence-electron chi connectivity index (χ1n) is 9.99. The molecule has 0 bridgehead atoms. The molecule has 0 radical (unpaired) electrons. The van der Waals surface area contributed by atoms with Crippen LogP contribution in [0.5, 0.6) is 0 Å². The van der Waals surface area contributed by atoms with Crippen molar-refractivity contribution in [3.63, 3.8) is 0 Å². The fourth-order valence-corrected chi connectivity index (χ4v) is 4.59. The maximum Gasteiger partial charge on any atom is 0.226 e. The molecule has 0 saturated heterocycles. The summed E-state index contributed by atoms with van der Waals surface area (Å²) in [5.74, 6) is 0.718. The molecule has 1 aliphatic rings. The van der Waals surface area contributed by atoms with Gasteiger partial charge >= 0.3 is 0 Å². The lowest BCUT2D eigenvalue weighted by atomic mass is 10.0. The summed E-state index contributed by atoms with van der Waals surface area (Å²) >= 11 is 1.69. The molecule has 7 heteroatoms. The molecular weight excluding hydrogens is 404 g/mol. The standard InChI is InChI=1S/C24H18N6S/c1-3-8-17(9-4-1)20-14-21(30-24(27-20)25-16-26-30)19-15-29(18-10-5-2-6-11-18)28-23(19)22-12-7-13-31-22/h1-16,21H,(H,25,26,27)/t21-/m0/s1. The molecule has 6 rings (SSSR count). The number of hydrogen-bond donors (Lipinski definition) is 1. The number of nitrogens with zero attached hydrogens (tertiary/aromatic N) is 5. The zero-order valence-electron chi connectivity index (χ0n) is 16.5. The number of rotatable bonds is 4. The van der Waals surface area contributed by atoms with Crippen molar-refractivity contribution in [1.29, 1.82) is 0 Å². The molecule has 3 aromatic heterocycles. The Hall–Kier alpha value is -3.97. The van der Waals surface area contributed by atoms with Gasteiger partial charge in [-0.05, 0) is 35.2 Å². The first-order chi connectivity index (χ1) is 15.4. The monoisotopic (exact) mass is 422 g/mol. The molecule has 1 atom stereocenters. The highest BCUT2D eigenvalue weighted by atomic mass is 32.1. The molecule has 1 N–H and O–H groups in total. The molecule has 0 saturated carbocycles. The number of anilines is 1. The van der Waals surface area contributed by atoms with Crippen molar-refractivity contribution in [2.75, 3.05) is 5.32 Å². The van der Waals surface area contributed by atoms with Gasteiger partial charge in [0.05, 0.1) is 10.6 Å². The summed E-state index contributed by atoms with van der Waals surface area (Å²) in [6.07, 6.45) is 5.88. The minimum absolute atomic E-state index is 0.136. The zero-order chi connectivity index (χ0) is 20.6. The fraction of sp³-hybridized carbons (Fsp3) is 0.0417. The van der Waals surface area contributed by atoms with Crippen LogP contribution in [0.4, 0.5) is 5.95 Å². The van der Waals surface area contributed by atoms with Gasteiger partial charge in [-0.25, -0.2) is 9.36 Å². The first kappa shape index (κ1) is 17.9. The van der Waals surface area contributed by atoms with Crippen LogP contribution in [0, 0.1) is 0 Å². The summed E-state index contributed by atoms with van der Waals surface area (Å²) in [4.78, 5) is 5.57. The second-order valence-corrected chi connectivity index (χ2v) is 8.18. The van der Waals surface area contributed by atoms with Crippen molar-refractivity contribution >= 4 is 23.0 Å². The van der Waals surface area contributed by atoms with Crippen molar-refractivity contribution in [1.82, 2.24) is 24.5 Å². The Kier molecular flexibility index (Phi) is 4.25. The topological polar surface area (TPSA) is 60.6 Å². The van der Waals surface area contributed by atoms with E-state index >= 15 is 0 Å². The van der Waals surface area contributed by atoms with Crippen LogP contribution >= 0.6 is 11.3 Å². The zero-order valence-corrected chi connectivity index (χ0v) is 17.3. The van der Waals surface area contributed by atoms with Crippen LogP contribution in [0.2, 0.25) is 0 Å². The van der Waals surface area contributed by atoms with Crippen molar-refractivity contribution in [2.45, 2.75) is 6.04 Å². The SMILES string of the molecule is C1=C(c2ccccc2)Nc2ncnn2[C@@H]1c1cn(-c2ccccc2)nc1-c1cccs1. The van der Waals surface area contributed by atoms with E-state index in [1.165, 1.54) is 0 Å². The van der Waals surface area contributed by atoms with Gasteiger partial charge in [0.25, 0.3) is 0 Å². The summed E-state index contributed by atoms with van der Waals surface area (Å²) in [7, 11) is 0. The van der Waals surface area contributed by atoms with E-state index in [1.54, 1.807) is 17.7 Å². The van der Waals surface area contributed by atoms with Gasteiger partial charge < -0.3 is 5.32 Å². The van der Waals surface area contributed by atoms with E-state index in [1.807, 2.05) is 45.8 Å². The van der Waals surface area contributed by atoms with Crippen molar-refractivity contribution < 1.29 is 0 Å². The third-order valence-corrected chi connectivity index (χ3v) is 6.21. The van der Waals surface area contributed by atoms with Gasteiger partial charge in [-0.1, -0.05) is 54.6 Å². The molecule has 0 spiro atoms. The van der Waals surface area contributed by atoms with E-state index in [4.69, 9.17) is 5.10 Å². The second-order valence-electron chi connectivity index (χ2n) is 7.23. The van der Waals surface area contributed by atoms with Crippen LogP contribution in [-0.2, 0) is 0 Å². The van der Waals surface area contributed by atoms with Crippen LogP contribution in [0.15, 0.2) is 96.8 Å². The van der Waals surface area contributed by atoms with Gasteiger partial charge in [0.15, 0.2) is 0 Å². The maximum atomic E-state index is 4.97. The van der Waals surface area contributed by atoms with E-state index in [2.05, 4.69) is 69.5 Å². The van der Waals surface area contributed by atoms with Crippen LogP contribution in [0.25, 0.3) is 22.0 Å². The van der Waals surface area contributed by atoms with Crippen molar-refractivity contribution in [3.8, 4) is 16.3 Å². The van der Waals surface area contributed by atoms with Gasteiger partial charge in [0.1, 0.15) is 18.1 Å². The summed E-state index contributed by atoms with van der Waals surface area (Å²) in [6, 6.07) is 24.5. The number of hydrogen-bond acceptors (Lipinski definition) is 5. The first-order valence-corrected chi connectivity index (χ1v) is 10.9. The molecule has 0 aliphatic carbocycles. The Bertz CT molecular complexity index is 1350. The van der Waals surface area contributed by atoms with Crippen LogP contribution in [-0.4, -0.2) is 24.5 Å². The fourth-order valence-electron chi connectivity index (χ4n) is 3.86. The molecule has 31 heavy (non-hydrogen) atoms. The van der Waals surface area contributed by atoms with E-state index in [9.17, 15) is 0 Å². The minimum atomic E-state index is -0.136. The second kappa shape index (κ2) is 7.37. The number of thiophene rings is 1. The average molecular weight is 423 g/mol. The lowest BCUT2D eigenvalue weighted by molar-refractivity contribution is 0.612. The number of para-hydroxylation sites is 1. The van der Waals surface area contributed by atoms with Crippen LogP contribution < -0.4 is 5.32 Å². The Morgan fingerprint density at radius 1 is 0.903 bits per heavy atom. The highest BCUT2D eigenvalue weighted by Gasteiger charge is 2.28. The number of benzene rings is 2. The number of fused-ring (bicyclic) bond motifs is 1. The molecule has 5 aromatic rings. The van der Waals surface area contributed by atoms with Crippen molar-refractivity contribution in [2.24, 2.45) is 0 Å². The van der Waals surface area contributed by atoms with E-state index in [0.717, 1.165) is 39.0 Å². The summed E-state index contributed by atoms with van der Waals surface area (Å²) in [6.45, 7) is 0. The maximum absolute atomic E-state index is 4.97. The van der Waals surface area contributed by atoms with Gasteiger partial charge in [0, 0.05) is 17.5 Å². The molecule has 150 valence electrons. The van der Waals surface area contributed by atoms with Gasteiger partial charge in [-0.2, -0.15) is 15.2 Å². The summed E-state index contributed by atoms with van der Waals surface area (Å²) in [5.41, 5.74) is 5.17. The lowest BCUT2D eigenvalue weighted by Gasteiger charge is -2.24. The quantitative estimate of drug-likeness (QED) is 0.430. The Balaban J connectivity index is 1.54. The van der Waals surface area contributed by atoms with Gasteiger partial charge in [-0.15, -0.1) is 11.3 Å². The molecule has 1 aliphatic heterocycles. The van der Waals surface area contributed by atoms with Gasteiger partial charge in [-0.3, -0.25) is 0 Å². The van der Waals surface area contributed by atoms with Gasteiger partial charge in [0.2, 0.25) is 5.95 Å². The van der Waals surface area contributed by atoms with Crippen molar-refractivity contribution in [3.05, 3.63) is 108 Å². The molecule has 4 heterocycles. The predicted molar refractivity (Wildman–Crippen MR) is 123 cm³/mol. The highest BCUT2D eigenvalue weighted by Crippen LogP contribution is 2.38. The highest BCUT2D eigenvalue weighted by molar-refractivity contribution is 7.13. The summed E-state index contributed by atoms with van der Waals surface area (Å²) in [5, 5.41) is 15.0. The lowest BCUT2D eigenvalue weighted by Crippen LogP contribution is -2.20. The molecule has 2 aromatic carbocycles. The third kappa shape index (κ3) is 3.15. The summed E-state index contributed by atoms with van der Waals surface area (Å²) < 4.78 is 3.86. The normalized spacial score (nSPS) is 15.2.